The second-order valence-electron chi connectivity index (χ2n) is 5.69. The van der Waals surface area contributed by atoms with Crippen LogP contribution in [0.5, 0.6) is 5.75 Å². The lowest BCUT2D eigenvalue weighted by atomic mass is 9.65. The number of likely N-dealkylation sites (N-methyl/N-ethyl adjacent to an activating group) is 1. The summed E-state index contributed by atoms with van der Waals surface area (Å²) in [6, 6.07) is 6.60. The topological polar surface area (TPSA) is 23.5 Å². The molecular weight excluding hydrogens is 198 g/mol. The number of nitrogens with zero attached hydrogens (tertiary/aromatic N) is 1. The summed E-state index contributed by atoms with van der Waals surface area (Å²) in [7, 11) is 2.23. The average Bonchev–Trinajstić information content (AvgIpc) is 2.26. The lowest BCUT2D eigenvalue weighted by Gasteiger charge is -2.48. The minimum Gasteiger partial charge on any atom is -0.508 e. The highest BCUT2D eigenvalue weighted by Crippen LogP contribution is 2.45. The molecule has 16 heavy (non-hydrogen) atoms. The zero-order valence-electron chi connectivity index (χ0n) is 10.0. The number of phenols is 1. The number of fused-ring (bicyclic) bond motifs is 4. The van der Waals surface area contributed by atoms with Crippen molar-refractivity contribution in [1.82, 2.24) is 4.90 Å². The second-order valence-corrected chi connectivity index (χ2v) is 5.69. The van der Waals surface area contributed by atoms with E-state index in [1.54, 1.807) is 0 Å². The molecule has 0 unspecified atom stereocenters. The average molecular weight is 217 g/mol. The minimum absolute atomic E-state index is 0.281. The number of aromatic hydroxyl groups is 1. The maximum absolute atomic E-state index is 9.64. The summed E-state index contributed by atoms with van der Waals surface area (Å²) >= 11 is 0. The molecule has 0 spiro atoms. The Morgan fingerprint density at radius 2 is 2.25 bits per heavy atom. The van der Waals surface area contributed by atoms with Crippen molar-refractivity contribution in [2.24, 2.45) is 0 Å². The van der Waals surface area contributed by atoms with Crippen molar-refractivity contribution in [2.75, 3.05) is 13.6 Å². The number of likely N-dealkylation sites (tertiary alicyclic amines) is 1. The predicted molar refractivity (Wildman–Crippen MR) is 64.8 cm³/mol. The molecule has 1 N–H and O–H groups in total. The monoisotopic (exact) mass is 217 g/mol. The lowest BCUT2D eigenvalue weighted by Crippen LogP contribution is -2.50. The Bertz CT molecular complexity index is 429. The Morgan fingerprint density at radius 3 is 3.06 bits per heavy atom. The Labute approximate surface area is 96.9 Å². The van der Waals surface area contributed by atoms with Gasteiger partial charge in [0.1, 0.15) is 5.75 Å². The molecule has 3 rings (SSSR count). The smallest absolute Gasteiger partial charge is 0.115 e. The first-order chi connectivity index (χ1) is 7.58. The number of rotatable bonds is 0. The number of phenolic OH excluding ortho intramolecular Hbond substituents is 1. The third-order valence-electron chi connectivity index (χ3n) is 4.53. The third kappa shape index (κ3) is 1.36. The van der Waals surface area contributed by atoms with Crippen LogP contribution in [-0.2, 0) is 11.8 Å². The van der Waals surface area contributed by atoms with Crippen molar-refractivity contribution in [2.45, 2.75) is 37.6 Å². The van der Waals surface area contributed by atoms with Crippen LogP contribution < -0.4 is 0 Å². The van der Waals surface area contributed by atoms with Crippen molar-refractivity contribution < 1.29 is 5.11 Å². The number of piperidine rings is 1. The zero-order chi connectivity index (χ0) is 11.3. The molecule has 1 saturated heterocycles. The van der Waals surface area contributed by atoms with E-state index in [-0.39, 0.29) is 5.41 Å². The van der Waals surface area contributed by atoms with E-state index in [1.165, 1.54) is 30.5 Å². The molecule has 1 aromatic carbocycles. The molecule has 1 aliphatic heterocycles. The summed E-state index contributed by atoms with van der Waals surface area (Å²) in [6.07, 6.45) is 3.58. The first-order valence-electron chi connectivity index (χ1n) is 6.11. The molecule has 2 nitrogen and oxygen atoms in total. The molecule has 0 saturated carbocycles. The molecule has 1 heterocycles. The van der Waals surface area contributed by atoms with Gasteiger partial charge in [-0.2, -0.15) is 0 Å². The molecule has 2 bridgehead atoms. The fraction of sp³-hybridized carbons (Fsp3) is 0.571. The van der Waals surface area contributed by atoms with E-state index in [0.717, 1.165) is 6.42 Å². The standard InChI is InChI=1S/C14H19NO/c1-14-5-6-15(2)11(9-14)7-10-3-4-12(16)8-13(10)14/h3-4,8,11,16H,5-7,9H2,1-2H3/t11-,14-/m1/s1. The maximum atomic E-state index is 9.64. The molecule has 2 heteroatoms. The Morgan fingerprint density at radius 1 is 1.44 bits per heavy atom. The largest absolute Gasteiger partial charge is 0.508 e. The molecule has 0 aromatic heterocycles. The van der Waals surface area contributed by atoms with Crippen LogP contribution in [-0.4, -0.2) is 29.6 Å². The van der Waals surface area contributed by atoms with Gasteiger partial charge in [0.2, 0.25) is 0 Å². The van der Waals surface area contributed by atoms with Gasteiger partial charge in [0.15, 0.2) is 0 Å². The zero-order valence-corrected chi connectivity index (χ0v) is 10.0. The number of hydrogen-bond acceptors (Lipinski definition) is 2. The summed E-state index contributed by atoms with van der Waals surface area (Å²) in [5.41, 5.74) is 3.10. The molecular formula is C14H19NO. The summed E-state index contributed by atoms with van der Waals surface area (Å²) in [6.45, 7) is 3.53. The number of hydrogen-bond donors (Lipinski definition) is 1. The van der Waals surface area contributed by atoms with E-state index in [9.17, 15) is 5.11 Å². The van der Waals surface area contributed by atoms with Gasteiger partial charge in [-0.05, 0) is 61.5 Å². The van der Waals surface area contributed by atoms with Crippen molar-refractivity contribution in [3.8, 4) is 5.75 Å². The van der Waals surface area contributed by atoms with Crippen LogP contribution in [0, 0.1) is 0 Å². The molecule has 1 fully saturated rings. The van der Waals surface area contributed by atoms with Crippen molar-refractivity contribution >= 4 is 0 Å². The molecule has 0 radical (unpaired) electrons. The van der Waals surface area contributed by atoms with Crippen LogP contribution in [0.25, 0.3) is 0 Å². The highest BCUT2D eigenvalue weighted by Gasteiger charge is 2.41. The van der Waals surface area contributed by atoms with Crippen molar-refractivity contribution in [3.05, 3.63) is 29.3 Å². The van der Waals surface area contributed by atoms with Crippen LogP contribution in [0.1, 0.15) is 30.9 Å². The van der Waals surface area contributed by atoms with Gasteiger partial charge in [0, 0.05) is 6.04 Å². The third-order valence-corrected chi connectivity index (χ3v) is 4.53. The van der Waals surface area contributed by atoms with E-state index in [0.29, 0.717) is 11.8 Å². The quantitative estimate of drug-likeness (QED) is 0.721. The SMILES string of the molecule is CN1CC[C@]2(C)C[C@H]1Cc1ccc(O)cc12. The van der Waals surface area contributed by atoms with E-state index >= 15 is 0 Å². The van der Waals surface area contributed by atoms with Crippen molar-refractivity contribution in [3.63, 3.8) is 0 Å². The lowest BCUT2D eigenvalue weighted by molar-refractivity contribution is 0.113. The summed E-state index contributed by atoms with van der Waals surface area (Å²) in [4.78, 5) is 2.48. The first-order valence-corrected chi connectivity index (χ1v) is 6.11. The van der Waals surface area contributed by atoms with E-state index in [4.69, 9.17) is 0 Å². The molecule has 1 aliphatic carbocycles. The van der Waals surface area contributed by atoms with Gasteiger partial charge in [0.05, 0.1) is 0 Å². The van der Waals surface area contributed by atoms with Crippen LogP contribution in [0.15, 0.2) is 18.2 Å². The molecule has 86 valence electrons. The Hall–Kier alpha value is -1.02. The highest BCUT2D eigenvalue weighted by molar-refractivity contribution is 5.43. The van der Waals surface area contributed by atoms with Gasteiger partial charge in [-0.3, -0.25) is 0 Å². The van der Waals surface area contributed by atoms with Gasteiger partial charge in [0.25, 0.3) is 0 Å². The van der Waals surface area contributed by atoms with Gasteiger partial charge in [-0.25, -0.2) is 0 Å². The van der Waals surface area contributed by atoms with Crippen LogP contribution in [0.4, 0.5) is 0 Å². The van der Waals surface area contributed by atoms with E-state index in [2.05, 4.69) is 24.9 Å². The maximum Gasteiger partial charge on any atom is 0.115 e. The molecule has 2 atom stereocenters. The second kappa shape index (κ2) is 3.24. The van der Waals surface area contributed by atoms with E-state index < -0.39 is 0 Å². The summed E-state index contributed by atoms with van der Waals surface area (Å²) in [5, 5.41) is 9.64. The Kier molecular flexibility index (Phi) is 2.05. The van der Waals surface area contributed by atoms with Crippen LogP contribution in [0.2, 0.25) is 0 Å². The molecule has 1 aromatic rings. The van der Waals surface area contributed by atoms with Crippen LogP contribution >= 0.6 is 0 Å². The normalized spacial score (nSPS) is 33.5. The van der Waals surface area contributed by atoms with Gasteiger partial charge < -0.3 is 10.0 Å². The fourth-order valence-electron chi connectivity index (χ4n) is 3.41. The molecule has 0 amide bonds. The van der Waals surface area contributed by atoms with Crippen LogP contribution in [0.3, 0.4) is 0 Å². The van der Waals surface area contributed by atoms with E-state index in [1.807, 2.05) is 12.1 Å². The summed E-state index contributed by atoms with van der Waals surface area (Å²) < 4.78 is 0. The first kappa shape index (κ1) is 10.2. The Balaban J connectivity index is 2.11. The predicted octanol–water partition coefficient (Wildman–Crippen LogP) is 2.30. The number of benzene rings is 1. The fourth-order valence-corrected chi connectivity index (χ4v) is 3.41. The van der Waals surface area contributed by atoms with Crippen molar-refractivity contribution in [1.29, 1.82) is 0 Å². The summed E-state index contributed by atoms with van der Waals surface area (Å²) in [5.74, 6) is 0.414. The minimum atomic E-state index is 0.281. The highest BCUT2D eigenvalue weighted by atomic mass is 16.3. The van der Waals surface area contributed by atoms with Gasteiger partial charge in [-0.15, -0.1) is 0 Å². The molecule has 2 aliphatic rings. The van der Waals surface area contributed by atoms with Gasteiger partial charge in [-0.1, -0.05) is 13.0 Å². The van der Waals surface area contributed by atoms with Gasteiger partial charge >= 0.3 is 0 Å².